The van der Waals surface area contributed by atoms with Gasteiger partial charge in [-0.25, -0.2) is 4.79 Å². The lowest BCUT2D eigenvalue weighted by molar-refractivity contribution is -0.142. The highest BCUT2D eigenvalue weighted by Crippen LogP contribution is 2.44. The topological polar surface area (TPSA) is 105 Å². The summed E-state index contributed by atoms with van der Waals surface area (Å²) in [7, 11) is 1.49. The minimum absolute atomic E-state index is 0.0294. The number of alkyl carbamates (subject to hydrolysis) is 1. The molecule has 2 amide bonds. The van der Waals surface area contributed by atoms with Gasteiger partial charge < -0.3 is 24.8 Å². The molecule has 35 heavy (non-hydrogen) atoms. The van der Waals surface area contributed by atoms with E-state index in [9.17, 15) is 14.4 Å². The van der Waals surface area contributed by atoms with E-state index in [4.69, 9.17) is 14.6 Å². The van der Waals surface area contributed by atoms with Crippen LogP contribution in [0.2, 0.25) is 0 Å². The summed E-state index contributed by atoms with van der Waals surface area (Å²) in [5.74, 6) is -1.09. The molecule has 4 rings (SSSR count). The maximum absolute atomic E-state index is 12.8. The highest BCUT2D eigenvalue weighted by molar-refractivity contribution is 5.79. The fourth-order valence-corrected chi connectivity index (χ4v) is 5.14. The highest BCUT2D eigenvalue weighted by Gasteiger charge is 2.31. The first-order valence-corrected chi connectivity index (χ1v) is 12.1. The highest BCUT2D eigenvalue weighted by atomic mass is 16.5. The number of hydrogen-bond donors (Lipinski definition) is 2. The number of carbonyl (C=O) groups excluding carboxylic acids is 2. The van der Waals surface area contributed by atoms with Crippen molar-refractivity contribution in [3.8, 4) is 11.1 Å². The predicted octanol–water partition coefficient (Wildman–Crippen LogP) is 3.79. The molecule has 0 saturated carbocycles. The zero-order chi connectivity index (χ0) is 24.8. The Labute approximate surface area is 205 Å². The molecule has 1 aliphatic heterocycles. The summed E-state index contributed by atoms with van der Waals surface area (Å²) in [5, 5.41) is 11.9. The van der Waals surface area contributed by atoms with Crippen molar-refractivity contribution in [2.75, 3.05) is 26.8 Å². The first kappa shape index (κ1) is 24.7. The molecule has 2 atom stereocenters. The van der Waals surface area contributed by atoms with Crippen molar-refractivity contribution < 1.29 is 29.0 Å². The summed E-state index contributed by atoms with van der Waals surface area (Å²) >= 11 is 0. The number of fused-ring (bicyclic) bond motifs is 3. The summed E-state index contributed by atoms with van der Waals surface area (Å²) in [6.45, 7) is 0.879. The van der Waals surface area contributed by atoms with Crippen molar-refractivity contribution in [3.05, 3.63) is 59.7 Å². The van der Waals surface area contributed by atoms with Crippen LogP contribution in [0.3, 0.4) is 0 Å². The number of likely N-dealkylation sites (tertiary alicyclic amines) is 1. The number of nitrogens with one attached hydrogen (secondary N) is 1. The molecular formula is C27H32N2O6. The first-order valence-electron chi connectivity index (χ1n) is 12.1. The van der Waals surface area contributed by atoms with Crippen molar-refractivity contribution in [2.24, 2.45) is 0 Å². The average molecular weight is 481 g/mol. The number of carboxylic acid groups (broad SMARTS) is 1. The van der Waals surface area contributed by atoms with Crippen LogP contribution in [0.15, 0.2) is 48.5 Å². The summed E-state index contributed by atoms with van der Waals surface area (Å²) in [6.07, 6.45) is 1.38. The van der Waals surface area contributed by atoms with Crippen molar-refractivity contribution in [1.29, 1.82) is 0 Å². The summed E-state index contributed by atoms with van der Waals surface area (Å²) in [4.78, 5) is 38.1. The molecule has 1 fully saturated rings. The van der Waals surface area contributed by atoms with E-state index in [1.165, 1.54) is 7.11 Å². The van der Waals surface area contributed by atoms with Gasteiger partial charge in [-0.15, -0.1) is 0 Å². The molecule has 186 valence electrons. The number of benzene rings is 2. The van der Waals surface area contributed by atoms with Gasteiger partial charge in [-0.2, -0.15) is 0 Å². The standard InChI is InChI=1S/C27H32N2O6/c1-34-19(15-25(30)29-13-7-6-8-18(29)14-26(31)32)16-28-27(33)35-17-24-22-11-4-2-9-20(22)21-10-3-5-12-23(21)24/h2-5,9-12,18-19,24H,6-8,13-17H2,1H3,(H,28,33)(H,31,32)/t18-,19?/m0/s1. The van der Waals surface area contributed by atoms with Crippen molar-refractivity contribution >= 4 is 18.0 Å². The summed E-state index contributed by atoms with van der Waals surface area (Å²) in [6, 6.07) is 16.0. The minimum Gasteiger partial charge on any atom is -0.481 e. The lowest BCUT2D eigenvalue weighted by Crippen LogP contribution is -2.46. The van der Waals surface area contributed by atoms with E-state index < -0.39 is 18.2 Å². The third-order valence-corrected chi connectivity index (χ3v) is 6.91. The molecule has 1 saturated heterocycles. The van der Waals surface area contributed by atoms with Gasteiger partial charge in [0, 0.05) is 32.2 Å². The van der Waals surface area contributed by atoms with Crippen molar-refractivity contribution in [1.82, 2.24) is 10.2 Å². The van der Waals surface area contributed by atoms with Gasteiger partial charge in [-0.1, -0.05) is 48.5 Å². The second-order valence-electron chi connectivity index (χ2n) is 9.10. The molecule has 0 bridgehead atoms. The molecule has 2 aromatic rings. The van der Waals surface area contributed by atoms with Gasteiger partial charge in [-0.3, -0.25) is 9.59 Å². The SMILES string of the molecule is COC(CNC(=O)OCC1c2ccccc2-c2ccccc21)CC(=O)N1CCCC[C@H]1CC(=O)O. The van der Waals surface area contributed by atoms with E-state index >= 15 is 0 Å². The minimum atomic E-state index is -0.907. The van der Waals surface area contributed by atoms with E-state index in [2.05, 4.69) is 29.6 Å². The summed E-state index contributed by atoms with van der Waals surface area (Å²) in [5.41, 5.74) is 4.60. The number of piperidine rings is 1. The van der Waals surface area contributed by atoms with E-state index in [1.807, 2.05) is 24.3 Å². The number of rotatable bonds is 9. The Balaban J connectivity index is 1.29. The van der Waals surface area contributed by atoms with Gasteiger partial charge in [0.25, 0.3) is 0 Å². The molecule has 1 heterocycles. The second-order valence-corrected chi connectivity index (χ2v) is 9.10. The predicted molar refractivity (Wildman–Crippen MR) is 130 cm³/mol. The Morgan fingerprint density at radius 1 is 1.06 bits per heavy atom. The van der Waals surface area contributed by atoms with Crippen LogP contribution >= 0.6 is 0 Å². The Kier molecular flexibility index (Phi) is 8.02. The molecule has 2 aliphatic rings. The zero-order valence-corrected chi connectivity index (χ0v) is 19.9. The molecule has 8 nitrogen and oxygen atoms in total. The molecule has 0 spiro atoms. The molecule has 8 heteroatoms. The molecule has 0 radical (unpaired) electrons. The fraction of sp³-hybridized carbons (Fsp3) is 0.444. The molecule has 1 aliphatic carbocycles. The quantitative estimate of drug-likeness (QED) is 0.566. The molecule has 0 aromatic heterocycles. The molecule has 2 N–H and O–H groups in total. The Morgan fingerprint density at radius 3 is 2.34 bits per heavy atom. The monoisotopic (exact) mass is 480 g/mol. The third kappa shape index (κ3) is 5.82. The zero-order valence-electron chi connectivity index (χ0n) is 19.9. The van der Waals surface area contributed by atoms with E-state index in [0.717, 1.165) is 35.1 Å². The average Bonchev–Trinajstić information content (AvgIpc) is 3.18. The number of nitrogens with zero attached hydrogens (tertiary/aromatic N) is 1. The largest absolute Gasteiger partial charge is 0.481 e. The molecular weight excluding hydrogens is 448 g/mol. The van der Waals surface area contributed by atoms with Crippen LogP contribution < -0.4 is 5.32 Å². The van der Waals surface area contributed by atoms with E-state index in [0.29, 0.717) is 13.0 Å². The fourth-order valence-electron chi connectivity index (χ4n) is 5.14. The van der Waals surface area contributed by atoms with Gasteiger partial charge in [0.1, 0.15) is 6.61 Å². The van der Waals surface area contributed by atoms with Crippen LogP contribution in [0.25, 0.3) is 11.1 Å². The van der Waals surface area contributed by atoms with Crippen LogP contribution in [-0.2, 0) is 19.1 Å². The van der Waals surface area contributed by atoms with Crippen LogP contribution in [0.1, 0.15) is 49.1 Å². The van der Waals surface area contributed by atoms with E-state index in [1.54, 1.807) is 4.90 Å². The number of amides is 2. The molecule has 2 aromatic carbocycles. The lowest BCUT2D eigenvalue weighted by atomic mass is 9.98. The first-order chi connectivity index (χ1) is 17.0. The van der Waals surface area contributed by atoms with Crippen LogP contribution in [0.4, 0.5) is 4.79 Å². The Bertz CT molecular complexity index is 1030. The Hall–Kier alpha value is -3.39. The van der Waals surface area contributed by atoms with Gasteiger partial charge in [0.15, 0.2) is 0 Å². The number of carboxylic acids is 1. The van der Waals surface area contributed by atoms with Gasteiger partial charge in [0.2, 0.25) is 5.91 Å². The number of ether oxygens (including phenoxy) is 2. The van der Waals surface area contributed by atoms with Gasteiger partial charge in [-0.05, 0) is 41.5 Å². The number of hydrogen-bond acceptors (Lipinski definition) is 5. The van der Waals surface area contributed by atoms with Crippen molar-refractivity contribution in [3.63, 3.8) is 0 Å². The van der Waals surface area contributed by atoms with Gasteiger partial charge in [0.05, 0.1) is 18.9 Å². The van der Waals surface area contributed by atoms with Crippen molar-refractivity contribution in [2.45, 2.75) is 50.2 Å². The van der Waals surface area contributed by atoms with Crippen LogP contribution in [-0.4, -0.2) is 66.9 Å². The van der Waals surface area contributed by atoms with Gasteiger partial charge >= 0.3 is 12.1 Å². The normalized spacial score (nSPS) is 17.9. The third-order valence-electron chi connectivity index (χ3n) is 6.91. The Morgan fingerprint density at radius 2 is 1.71 bits per heavy atom. The number of aliphatic carboxylic acids is 1. The van der Waals surface area contributed by atoms with Crippen LogP contribution in [0, 0.1) is 0 Å². The maximum atomic E-state index is 12.8. The number of methoxy groups -OCH3 is 1. The summed E-state index contributed by atoms with van der Waals surface area (Å²) < 4.78 is 11.0. The van der Waals surface area contributed by atoms with E-state index in [-0.39, 0.29) is 43.9 Å². The van der Waals surface area contributed by atoms with Crippen LogP contribution in [0.5, 0.6) is 0 Å². The lowest BCUT2D eigenvalue weighted by Gasteiger charge is -2.35. The maximum Gasteiger partial charge on any atom is 0.407 e. The second kappa shape index (κ2) is 11.4. The number of carbonyl (C=O) groups is 3. The smallest absolute Gasteiger partial charge is 0.407 e. The molecule has 1 unspecified atom stereocenters.